The van der Waals surface area contributed by atoms with Gasteiger partial charge in [0.1, 0.15) is 11.8 Å². The van der Waals surface area contributed by atoms with Gasteiger partial charge in [-0.15, -0.1) is 0 Å². The van der Waals surface area contributed by atoms with Gasteiger partial charge in [-0.05, 0) is 53.6 Å². The van der Waals surface area contributed by atoms with E-state index in [-0.39, 0.29) is 33.5 Å². The molecule has 1 atom stereocenters. The summed E-state index contributed by atoms with van der Waals surface area (Å²) in [6, 6.07) is 10.7. The number of halogens is 2. The first-order valence-corrected chi connectivity index (χ1v) is 13.4. The van der Waals surface area contributed by atoms with Crippen molar-refractivity contribution in [1.29, 1.82) is 0 Å². The molecule has 2 amide bonds. The highest BCUT2D eigenvalue weighted by Crippen LogP contribution is 2.27. The highest BCUT2D eigenvalue weighted by Gasteiger charge is 2.25. The van der Waals surface area contributed by atoms with Crippen LogP contribution >= 0.6 is 23.2 Å². The maximum absolute atomic E-state index is 12.9. The van der Waals surface area contributed by atoms with Crippen molar-refractivity contribution in [1.82, 2.24) is 10.6 Å². The molecule has 0 spiro atoms. The van der Waals surface area contributed by atoms with E-state index >= 15 is 0 Å². The van der Waals surface area contributed by atoms with E-state index in [2.05, 4.69) is 10.6 Å². The van der Waals surface area contributed by atoms with Gasteiger partial charge in [0.2, 0.25) is 5.91 Å². The fraction of sp³-hybridized carbons (Fsp3) is 0.160. The molecule has 0 saturated heterocycles. The number of amides is 2. The molecule has 9 nitrogen and oxygen atoms in total. The Morgan fingerprint density at radius 1 is 1.05 bits per heavy atom. The summed E-state index contributed by atoms with van der Waals surface area (Å²) in [6.45, 7) is 0.0666. The van der Waals surface area contributed by atoms with E-state index in [1.54, 1.807) is 18.2 Å². The van der Waals surface area contributed by atoms with Crippen molar-refractivity contribution in [2.75, 3.05) is 6.26 Å². The third kappa shape index (κ3) is 7.94. The van der Waals surface area contributed by atoms with E-state index in [0.717, 1.165) is 6.26 Å². The monoisotopic (exact) mass is 564 g/mol. The largest absolute Gasteiger partial charge is 0.480 e. The van der Waals surface area contributed by atoms with Crippen LogP contribution in [0.15, 0.2) is 70.2 Å². The van der Waals surface area contributed by atoms with Gasteiger partial charge in [-0.2, -0.15) is 0 Å². The minimum Gasteiger partial charge on any atom is -0.480 e. The molecule has 12 heteroatoms. The summed E-state index contributed by atoms with van der Waals surface area (Å²) in [6.07, 6.45) is 5.14. The Hall–Kier alpha value is -3.60. The Kier molecular flexibility index (Phi) is 9.14. The first-order valence-electron chi connectivity index (χ1n) is 10.7. The van der Waals surface area contributed by atoms with Crippen LogP contribution in [-0.2, 0) is 32.4 Å². The highest BCUT2D eigenvalue weighted by molar-refractivity contribution is 7.90. The summed E-state index contributed by atoms with van der Waals surface area (Å²) < 4.78 is 28.7. The summed E-state index contributed by atoms with van der Waals surface area (Å²) in [5.41, 5.74) is 0.783. The van der Waals surface area contributed by atoms with Gasteiger partial charge in [-0.25, -0.2) is 13.2 Å². The fourth-order valence-electron chi connectivity index (χ4n) is 3.31. The normalized spacial score (nSPS) is 12.3. The standard InChI is InChI=1S/C25H22Cl2N2O7S/c1-37(34,35)18-6-2-4-15(10-18)13-21(25(32)33)29-24(31)23-19(26)11-16(12-20(23)27)14-28-22(30)8-7-17-5-3-9-36-17/h2-12,21H,13-14H2,1H3,(H,28,30)(H,29,31)(H,32,33). The Bertz CT molecular complexity index is 1430. The third-order valence-corrected chi connectivity index (χ3v) is 6.81. The Morgan fingerprint density at radius 2 is 1.76 bits per heavy atom. The molecule has 37 heavy (non-hydrogen) atoms. The van der Waals surface area contributed by atoms with Crippen molar-refractivity contribution in [3.63, 3.8) is 0 Å². The van der Waals surface area contributed by atoms with Crippen molar-refractivity contribution in [2.45, 2.75) is 23.9 Å². The quantitative estimate of drug-likeness (QED) is 0.318. The van der Waals surface area contributed by atoms with Crippen LogP contribution in [0.2, 0.25) is 10.0 Å². The van der Waals surface area contributed by atoms with Gasteiger partial charge in [0, 0.05) is 25.3 Å². The topological polar surface area (TPSA) is 143 Å². The highest BCUT2D eigenvalue weighted by atomic mass is 35.5. The van der Waals surface area contributed by atoms with Crippen LogP contribution in [0.3, 0.4) is 0 Å². The summed E-state index contributed by atoms with van der Waals surface area (Å²) in [4.78, 5) is 36.7. The van der Waals surface area contributed by atoms with E-state index in [0.29, 0.717) is 16.9 Å². The van der Waals surface area contributed by atoms with Gasteiger partial charge >= 0.3 is 5.97 Å². The molecule has 0 bridgehead atoms. The zero-order valence-corrected chi connectivity index (χ0v) is 21.7. The number of hydrogen-bond acceptors (Lipinski definition) is 6. The first-order chi connectivity index (χ1) is 17.4. The SMILES string of the molecule is CS(=O)(=O)c1cccc(CC(NC(=O)c2c(Cl)cc(CNC(=O)C=Cc3ccco3)cc2Cl)C(=O)O)c1. The molecular weight excluding hydrogens is 543 g/mol. The van der Waals surface area contributed by atoms with E-state index in [4.69, 9.17) is 27.6 Å². The number of sulfone groups is 1. The number of carboxylic acids is 1. The Labute approximate surface area is 223 Å². The van der Waals surface area contributed by atoms with Crippen molar-refractivity contribution in [2.24, 2.45) is 0 Å². The smallest absolute Gasteiger partial charge is 0.326 e. The predicted octanol–water partition coefficient (Wildman–Crippen LogP) is 3.75. The molecule has 0 saturated carbocycles. The molecule has 0 fully saturated rings. The Morgan fingerprint density at radius 3 is 2.35 bits per heavy atom. The molecule has 0 aliphatic carbocycles. The average Bonchev–Trinajstić information content (AvgIpc) is 3.34. The van der Waals surface area contributed by atoms with Gasteiger partial charge < -0.3 is 20.2 Å². The van der Waals surface area contributed by atoms with Gasteiger partial charge in [-0.3, -0.25) is 9.59 Å². The van der Waals surface area contributed by atoms with Gasteiger partial charge in [-0.1, -0.05) is 35.3 Å². The molecular formula is C25H22Cl2N2O7S. The summed E-state index contributed by atoms with van der Waals surface area (Å²) in [5, 5.41) is 14.6. The number of nitrogens with one attached hydrogen (secondary N) is 2. The molecule has 1 heterocycles. The van der Waals surface area contributed by atoms with Crippen LogP contribution in [-0.4, -0.2) is 43.6 Å². The second-order valence-corrected chi connectivity index (χ2v) is 10.8. The second-order valence-electron chi connectivity index (χ2n) is 7.99. The van der Waals surface area contributed by atoms with Gasteiger partial charge in [0.15, 0.2) is 9.84 Å². The van der Waals surface area contributed by atoms with Crippen LogP contribution in [0.4, 0.5) is 0 Å². The van der Waals surface area contributed by atoms with E-state index in [1.165, 1.54) is 48.7 Å². The number of carboxylic acid groups (broad SMARTS) is 1. The third-order valence-electron chi connectivity index (χ3n) is 5.11. The zero-order valence-electron chi connectivity index (χ0n) is 19.4. The molecule has 3 rings (SSSR count). The first kappa shape index (κ1) is 28.0. The van der Waals surface area contributed by atoms with Gasteiger partial charge in [0.05, 0.1) is 26.8 Å². The summed E-state index contributed by atoms with van der Waals surface area (Å²) in [5.74, 6) is -2.03. The molecule has 194 valence electrons. The predicted molar refractivity (Wildman–Crippen MR) is 138 cm³/mol. The number of aliphatic carboxylic acids is 1. The van der Waals surface area contributed by atoms with Crippen LogP contribution in [0.5, 0.6) is 0 Å². The van der Waals surface area contributed by atoms with Crippen LogP contribution < -0.4 is 10.6 Å². The van der Waals surface area contributed by atoms with Crippen molar-refractivity contribution in [3.05, 3.63) is 93.4 Å². The van der Waals surface area contributed by atoms with Crippen LogP contribution in [0.1, 0.15) is 27.2 Å². The lowest BCUT2D eigenvalue weighted by atomic mass is 10.0. The number of rotatable bonds is 10. The number of carbonyl (C=O) groups excluding carboxylic acids is 2. The molecule has 2 aromatic carbocycles. The molecule has 1 unspecified atom stereocenters. The number of benzene rings is 2. The second kappa shape index (κ2) is 12.1. The Balaban J connectivity index is 1.69. The van der Waals surface area contributed by atoms with Crippen molar-refractivity contribution >= 4 is 56.9 Å². The van der Waals surface area contributed by atoms with Crippen molar-refractivity contribution in [3.8, 4) is 0 Å². The lowest BCUT2D eigenvalue weighted by Crippen LogP contribution is -2.42. The molecule has 0 aliphatic rings. The van der Waals surface area contributed by atoms with Crippen LogP contribution in [0, 0.1) is 0 Å². The lowest BCUT2D eigenvalue weighted by Gasteiger charge is -2.17. The van der Waals surface area contributed by atoms with Crippen molar-refractivity contribution < 1.29 is 32.3 Å². The van der Waals surface area contributed by atoms with E-state index in [1.807, 2.05) is 0 Å². The number of hydrogen-bond donors (Lipinski definition) is 3. The molecule has 3 N–H and O–H groups in total. The zero-order chi connectivity index (χ0) is 27.2. The molecule has 0 radical (unpaired) electrons. The van der Waals surface area contributed by atoms with E-state index < -0.39 is 33.7 Å². The number of carbonyl (C=O) groups is 3. The number of furan rings is 1. The van der Waals surface area contributed by atoms with Crippen LogP contribution in [0.25, 0.3) is 6.08 Å². The molecule has 1 aromatic heterocycles. The lowest BCUT2D eigenvalue weighted by molar-refractivity contribution is -0.139. The van der Waals surface area contributed by atoms with E-state index in [9.17, 15) is 27.9 Å². The maximum Gasteiger partial charge on any atom is 0.326 e. The maximum atomic E-state index is 12.9. The van der Waals surface area contributed by atoms with Gasteiger partial charge in [0.25, 0.3) is 5.91 Å². The minimum atomic E-state index is -3.49. The molecule has 0 aliphatic heterocycles. The summed E-state index contributed by atoms with van der Waals surface area (Å²) >= 11 is 12.5. The fourth-order valence-corrected chi connectivity index (χ4v) is 4.70. The molecule has 3 aromatic rings. The summed E-state index contributed by atoms with van der Waals surface area (Å²) in [7, 11) is -3.49. The average molecular weight is 565 g/mol. The minimum absolute atomic E-state index is 0.0330.